The van der Waals surface area contributed by atoms with E-state index in [1.54, 1.807) is 18.3 Å². The van der Waals surface area contributed by atoms with Gasteiger partial charge in [0.15, 0.2) is 0 Å². The number of hydrogen-bond donors (Lipinski definition) is 1. The van der Waals surface area contributed by atoms with Gasteiger partial charge < -0.3 is 10.1 Å². The predicted molar refractivity (Wildman–Crippen MR) is 85.4 cm³/mol. The van der Waals surface area contributed by atoms with E-state index in [0.717, 1.165) is 28.6 Å². The molecule has 7 heteroatoms. The largest absolute Gasteiger partial charge is 0.473 e. The summed E-state index contributed by atoms with van der Waals surface area (Å²) in [5, 5.41) is 3.57. The first kappa shape index (κ1) is 14.3. The average Bonchev–Trinajstić information content (AvgIpc) is 3.11. The minimum absolute atomic E-state index is 0.174. The van der Waals surface area contributed by atoms with Gasteiger partial charge in [0.25, 0.3) is 5.91 Å². The van der Waals surface area contributed by atoms with E-state index in [0.29, 0.717) is 11.4 Å². The molecule has 3 rings (SSSR count). The van der Waals surface area contributed by atoms with Crippen LogP contribution >= 0.6 is 23.3 Å². The number of carbonyl (C=O) groups excluding carboxylic acids is 1. The smallest absolute Gasteiger partial charge is 0.256 e. The highest BCUT2D eigenvalue weighted by molar-refractivity contribution is 7.99. The number of aromatic nitrogens is 2. The molecule has 1 amide bonds. The summed E-state index contributed by atoms with van der Waals surface area (Å²) < 4.78 is 9.94. The Morgan fingerprint density at radius 2 is 2.38 bits per heavy atom. The number of hydrogen-bond acceptors (Lipinski definition) is 6. The molecule has 0 radical (unpaired) electrons. The maximum Gasteiger partial charge on any atom is 0.256 e. The highest BCUT2D eigenvalue weighted by atomic mass is 32.2. The molecule has 1 N–H and O–H groups in total. The normalized spacial score (nSPS) is 17.7. The molecule has 1 fully saturated rings. The third kappa shape index (κ3) is 3.74. The molecule has 3 heterocycles. The molecule has 1 atom stereocenters. The Morgan fingerprint density at radius 1 is 1.48 bits per heavy atom. The summed E-state index contributed by atoms with van der Waals surface area (Å²) in [6.45, 7) is 1.89. The molecule has 2 aromatic rings. The molecule has 0 unspecified atom stereocenters. The van der Waals surface area contributed by atoms with E-state index < -0.39 is 0 Å². The Labute approximate surface area is 131 Å². The Kier molecular flexibility index (Phi) is 4.40. The van der Waals surface area contributed by atoms with Gasteiger partial charge in [-0.15, -0.1) is 0 Å². The number of nitrogens with zero attached hydrogens (tertiary/aromatic N) is 2. The minimum atomic E-state index is -0.174. The Hall–Kier alpha value is -1.60. The maximum atomic E-state index is 12.2. The van der Waals surface area contributed by atoms with E-state index in [1.165, 1.54) is 11.5 Å². The lowest BCUT2D eigenvalue weighted by Gasteiger charge is -2.11. The number of rotatable bonds is 4. The minimum Gasteiger partial charge on any atom is -0.473 e. The fourth-order valence-corrected chi connectivity index (χ4v) is 3.75. The van der Waals surface area contributed by atoms with Crippen molar-refractivity contribution in [1.82, 2.24) is 9.36 Å². The van der Waals surface area contributed by atoms with Gasteiger partial charge >= 0.3 is 0 Å². The number of ether oxygens (including phenoxy) is 1. The fourth-order valence-electron chi connectivity index (χ4n) is 2.00. The summed E-state index contributed by atoms with van der Waals surface area (Å²) in [7, 11) is 0. The van der Waals surface area contributed by atoms with Crippen LogP contribution in [-0.4, -0.2) is 32.9 Å². The van der Waals surface area contributed by atoms with E-state index in [2.05, 4.69) is 14.7 Å². The van der Waals surface area contributed by atoms with Crippen molar-refractivity contribution in [2.24, 2.45) is 0 Å². The van der Waals surface area contributed by atoms with Crippen LogP contribution in [0.25, 0.3) is 0 Å². The monoisotopic (exact) mass is 321 g/mol. The summed E-state index contributed by atoms with van der Waals surface area (Å²) in [6.07, 6.45) is 2.83. The molecule has 1 saturated heterocycles. The molecule has 0 aromatic carbocycles. The third-order valence-electron chi connectivity index (χ3n) is 3.04. The lowest BCUT2D eigenvalue weighted by Crippen LogP contribution is -2.16. The van der Waals surface area contributed by atoms with Crippen molar-refractivity contribution in [2.75, 3.05) is 16.8 Å². The molecule has 110 valence electrons. The molecule has 5 nitrogen and oxygen atoms in total. The Morgan fingerprint density at radius 3 is 3.10 bits per heavy atom. The quantitative estimate of drug-likeness (QED) is 0.938. The first-order chi connectivity index (χ1) is 10.2. The number of aryl methyl sites for hydroxylation is 1. The average molecular weight is 321 g/mol. The summed E-state index contributed by atoms with van der Waals surface area (Å²) in [6, 6.07) is 5.21. The second-order valence-corrected chi connectivity index (χ2v) is 6.73. The van der Waals surface area contributed by atoms with Gasteiger partial charge in [-0.3, -0.25) is 4.79 Å². The van der Waals surface area contributed by atoms with Gasteiger partial charge in [-0.25, -0.2) is 4.98 Å². The first-order valence-electron chi connectivity index (χ1n) is 6.66. The molecule has 2 aromatic heterocycles. The van der Waals surface area contributed by atoms with Crippen molar-refractivity contribution in [3.8, 4) is 5.88 Å². The lowest BCUT2D eigenvalue weighted by molar-refractivity contribution is 0.102. The second-order valence-electron chi connectivity index (χ2n) is 4.77. The Bertz CT molecular complexity index is 639. The summed E-state index contributed by atoms with van der Waals surface area (Å²) in [4.78, 5) is 16.4. The van der Waals surface area contributed by atoms with Crippen LogP contribution in [0, 0.1) is 6.92 Å². The highest BCUT2D eigenvalue weighted by Crippen LogP contribution is 2.23. The lowest BCUT2D eigenvalue weighted by atomic mass is 10.2. The molecular weight excluding hydrogens is 306 g/mol. The number of thioether (sulfide) groups is 1. The number of amides is 1. The number of pyridine rings is 1. The van der Waals surface area contributed by atoms with Gasteiger partial charge in [0.2, 0.25) is 5.88 Å². The molecule has 0 bridgehead atoms. The molecule has 0 saturated carbocycles. The van der Waals surface area contributed by atoms with Crippen molar-refractivity contribution in [3.05, 3.63) is 35.7 Å². The third-order valence-corrected chi connectivity index (χ3v) is 4.96. The van der Waals surface area contributed by atoms with Crippen LogP contribution in [0.2, 0.25) is 0 Å². The van der Waals surface area contributed by atoms with Crippen LogP contribution < -0.4 is 10.1 Å². The zero-order chi connectivity index (χ0) is 14.7. The summed E-state index contributed by atoms with van der Waals surface area (Å²) in [5.74, 6) is 2.44. The molecule has 0 spiro atoms. The van der Waals surface area contributed by atoms with Crippen LogP contribution in [0.15, 0.2) is 24.4 Å². The second kappa shape index (κ2) is 6.44. The van der Waals surface area contributed by atoms with E-state index >= 15 is 0 Å². The van der Waals surface area contributed by atoms with Crippen molar-refractivity contribution >= 4 is 34.2 Å². The van der Waals surface area contributed by atoms with Crippen LogP contribution in [0.1, 0.15) is 22.5 Å². The number of carbonyl (C=O) groups is 1. The fraction of sp³-hybridized carbons (Fsp3) is 0.357. The number of nitrogens with one attached hydrogen (secondary N) is 1. The van der Waals surface area contributed by atoms with Crippen molar-refractivity contribution in [2.45, 2.75) is 19.4 Å². The predicted octanol–water partition coefficient (Wildman–Crippen LogP) is 2.98. The van der Waals surface area contributed by atoms with E-state index in [9.17, 15) is 4.79 Å². The van der Waals surface area contributed by atoms with Gasteiger partial charge in [0.1, 0.15) is 11.1 Å². The van der Waals surface area contributed by atoms with Crippen molar-refractivity contribution in [1.29, 1.82) is 0 Å². The molecule has 1 aliphatic rings. The SMILES string of the molecule is Cc1cc(NC(=O)c2ccnc(O[C@@H]3CCSC3)c2)sn1. The first-order valence-corrected chi connectivity index (χ1v) is 8.58. The zero-order valence-corrected chi connectivity index (χ0v) is 13.2. The van der Waals surface area contributed by atoms with E-state index in [-0.39, 0.29) is 12.0 Å². The van der Waals surface area contributed by atoms with Crippen LogP contribution in [0.5, 0.6) is 5.88 Å². The number of anilines is 1. The van der Waals surface area contributed by atoms with Gasteiger partial charge in [0.05, 0.1) is 5.69 Å². The summed E-state index contributed by atoms with van der Waals surface area (Å²) >= 11 is 3.15. The van der Waals surface area contributed by atoms with E-state index in [4.69, 9.17) is 4.74 Å². The van der Waals surface area contributed by atoms with Crippen LogP contribution in [0.3, 0.4) is 0 Å². The topological polar surface area (TPSA) is 64.1 Å². The Balaban J connectivity index is 1.68. The molecule has 1 aliphatic heterocycles. The van der Waals surface area contributed by atoms with Gasteiger partial charge in [-0.2, -0.15) is 16.1 Å². The van der Waals surface area contributed by atoms with Crippen molar-refractivity contribution in [3.63, 3.8) is 0 Å². The van der Waals surface area contributed by atoms with Crippen molar-refractivity contribution < 1.29 is 9.53 Å². The highest BCUT2D eigenvalue weighted by Gasteiger charge is 2.18. The van der Waals surface area contributed by atoms with Gasteiger partial charge in [-0.05, 0) is 42.8 Å². The zero-order valence-electron chi connectivity index (χ0n) is 11.5. The molecular formula is C14H15N3O2S2. The molecule has 21 heavy (non-hydrogen) atoms. The van der Waals surface area contributed by atoms with E-state index in [1.807, 2.05) is 24.8 Å². The standard InChI is InChI=1S/C14H15N3O2S2/c1-9-6-13(21-17-9)16-14(18)10-2-4-15-12(7-10)19-11-3-5-20-8-11/h2,4,6-7,11H,3,5,8H2,1H3,(H,16,18)/t11-/m1/s1. The summed E-state index contributed by atoms with van der Waals surface area (Å²) in [5.41, 5.74) is 1.43. The maximum absolute atomic E-state index is 12.2. The van der Waals surface area contributed by atoms with Gasteiger partial charge in [-0.1, -0.05) is 0 Å². The molecule has 0 aliphatic carbocycles. The van der Waals surface area contributed by atoms with Crippen LogP contribution in [0.4, 0.5) is 5.00 Å². The van der Waals surface area contributed by atoms with Gasteiger partial charge in [0, 0.05) is 23.6 Å². The van der Waals surface area contributed by atoms with Crippen LogP contribution in [-0.2, 0) is 0 Å².